The highest BCUT2D eigenvalue weighted by molar-refractivity contribution is 5.79. The minimum atomic E-state index is -0.754. The van der Waals surface area contributed by atoms with Gasteiger partial charge in [0.2, 0.25) is 0 Å². The highest BCUT2D eigenvalue weighted by Crippen LogP contribution is 2.13. The van der Waals surface area contributed by atoms with Crippen LogP contribution in [0.2, 0.25) is 0 Å². The zero-order chi connectivity index (χ0) is 15.2. The molecule has 0 unspecified atom stereocenters. The molecule has 20 heavy (non-hydrogen) atoms. The third-order valence-corrected chi connectivity index (χ3v) is 2.73. The van der Waals surface area contributed by atoms with Gasteiger partial charge in [-0.05, 0) is 31.5 Å². The molecule has 110 valence electrons. The Kier molecular flexibility index (Phi) is 5.52. The molecule has 6 nitrogen and oxygen atoms in total. The molecule has 0 radical (unpaired) electrons. The number of ether oxygens (including phenoxy) is 2. The summed E-state index contributed by atoms with van der Waals surface area (Å²) in [6.45, 7) is 3.87. The molecule has 0 aliphatic carbocycles. The van der Waals surface area contributed by atoms with E-state index >= 15 is 0 Å². The summed E-state index contributed by atoms with van der Waals surface area (Å²) in [7, 11) is 1.36. The SMILES string of the molecule is COC(=O)C(C)(C)NCc1ccc(OCC(N)=O)cc1. The zero-order valence-electron chi connectivity index (χ0n) is 11.9. The van der Waals surface area contributed by atoms with Crippen molar-refractivity contribution >= 4 is 11.9 Å². The van der Waals surface area contributed by atoms with Crippen LogP contribution in [0.15, 0.2) is 24.3 Å². The Hall–Kier alpha value is -2.08. The second kappa shape index (κ2) is 6.91. The van der Waals surface area contributed by atoms with E-state index in [9.17, 15) is 9.59 Å². The zero-order valence-corrected chi connectivity index (χ0v) is 11.9. The number of hydrogen-bond donors (Lipinski definition) is 2. The fourth-order valence-electron chi connectivity index (χ4n) is 1.51. The molecule has 1 amide bonds. The summed E-state index contributed by atoms with van der Waals surface area (Å²) in [5.41, 5.74) is 5.22. The molecule has 0 atom stereocenters. The minimum absolute atomic E-state index is 0.146. The van der Waals surface area contributed by atoms with E-state index in [2.05, 4.69) is 5.32 Å². The fraction of sp³-hybridized carbons (Fsp3) is 0.429. The van der Waals surface area contributed by atoms with Gasteiger partial charge >= 0.3 is 5.97 Å². The summed E-state index contributed by atoms with van der Waals surface area (Å²) in [4.78, 5) is 22.1. The summed E-state index contributed by atoms with van der Waals surface area (Å²) < 4.78 is 9.87. The molecule has 3 N–H and O–H groups in total. The van der Waals surface area contributed by atoms with E-state index in [0.717, 1.165) is 5.56 Å². The predicted molar refractivity (Wildman–Crippen MR) is 74.1 cm³/mol. The van der Waals surface area contributed by atoms with Crippen LogP contribution >= 0.6 is 0 Å². The maximum absolute atomic E-state index is 11.5. The van der Waals surface area contributed by atoms with Crippen LogP contribution in [0.3, 0.4) is 0 Å². The van der Waals surface area contributed by atoms with Gasteiger partial charge in [0.25, 0.3) is 5.91 Å². The molecule has 0 aliphatic heterocycles. The topological polar surface area (TPSA) is 90.7 Å². The summed E-state index contributed by atoms with van der Waals surface area (Å²) in [6.07, 6.45) is 0. The number of primary amides is 1. The number of hydrogen-bond acceptors (Lipinski definition) is 5. The van der Waals surface area contributed by atoms with Crippen molar-refractivity contribution in [2.75, 3.05) is 13.7 Å². The third-order valence-electron chi connectivity index (χ3n) is 2.73. The Morgan fingerprint density at radius 2 is 1.85 bits per heavy atom. The quantitative estimate of drug-likeness (QED) is 0.713. The number of carbonyl (C=O) groups is 2. The lowest BCUT2D eigenvalue weighted by Gasteiger charge is -2.23. The van der Waals surface area contributed by atoms with Gasteiger partial charge in [-0.2, -0.15) is 0 Å². The first kappa shape index (κ1) is 16.0. The number of amides is 1. The van der Waals surface area contributed by atoms with Crippen LogP contribution in [0.4, 0.5) is 0 Å². The molecule has 0 bridgehead atoms. The lowest BCUT2D eigenvalue weighted by molar-refractivity contribution is -0.147. The molecule has 6 heteroatoms. The van der Waals surface area contributed by atoms with Crippen molar-refractivity contribution in [3.63, 3.8) is 0 Å². The number of nitrogens with one attached hydrogen (secondary N) is 1. The lowest BCUT2D eigenvalue weighted by atomic mass is 10.1. The maximum atomic E-state index is 11.5. The molecular weight excluding hydrogens is 260 g/mol. The van der Waals surface area contributed by atoms with E-state index in [-0.39, 0.29) is 12.6 Å². The van der Waals surface area contributed by atoms with Crippen molar-refractivity contribution in [2.45, 2.75) is 25.9 Å². The first-order valence-corrected chi connectivity index (χ1v) is 6.18. The third kappa shape index (κ3) is 4.89. The number of esters is 1. The van der Waals surface area contributed by atoms with Crippen molar-refractivity contribution in [1.29, 1.82) is 0 Å². The molecule has 0 aliphatic rings. The Morgan fingerprint density at radius 1 is 1.25 bits per heavy atom. The van der Waals surface area contributed by atoms with Crippen LogP contribution in [0.25, 0.3) is 0 Å². The highest BCUT2D eigenvalue weighted by Gasteiger charge is 2.27. The van der Waals surface area contributed by atoms with Crippen LogP contribution in [0.5, 0.6) is 5.75 Å². The molecule has 1 aromatic carbocycles. The molecule has 1 rings (SSSR count). The van der Waals surface area contributed by atoms with Crippen LogP contribution in [0, 0.1) is 0 Å². The normalized spacial score (nSPS) is 10.9. The van der Waals surface area contributed by atoms with E-state index in [1.165, 1.54) is 7.11 Å². The van der Waals surface area contributed by atoms with E-state index in [1.807, 2.05) is 12.1 Å². The average molecular weight is 280 g/mol. The number of benzene rings is 1. The summed E-state index contributed by atoms with van der Waals surface area (Å²) >= 11 is 0. The van der Waals surface area contributed by atoms with Crippen LogP contribution in [0.1, 0.15) is 19.4 Å². The second-order valence-corrected chi connectivity index (χ2v) is 4.87. The molecule has 0 fully saturated rings. The van der Waals surface area contributed by atoms with Gasteiger partial charge in [0, 0.05) is 6.54 Å². The number of nitrogens with two attached hydrogens (primary N) is 1. The standard InChI is InChI=1S/C14H20N2O4/c1-14(2,13(18)19-3)16-8-10-4-6-11(7-5-10)20-9-12(15)17/h4-7,16H,8-9H2,1-3H3,(H2,15,17). The van der Waals surface area contributed by atoms with E-state index < -0.39 is 11.4 Å². The largest absolute Gasteiger partial charge is 0.484 e. The average Bonchev–Trinajstić information content (AvgIpc) is 2.43. The number of carbonyl (C=O) groups excluding carboxylic acids is 2. The lowest BCUT2D eigenvalue weighted by Crippen LogP contribution is -2.46. The van der Waals surface area contributed by atoms with Crippen molar-refractivity contribution in [1.82, 2.24) is 5.32 Å². The van der Waals surface area contributed by atoms with E-state index in [4.69, 9.17) is 15.2 Å². The second-order valence-electron chi connectivity index (χ2n) is 4.87. The van der Waals surface area contributed by atoms with Gasteiger partial charge in [0.05, 0.1) is 7.11 Å². The van der Waals surface area contributed by atoms with E-state index in [0.29, 0.717) is 12.3 Å². The van der Waals surface area contributed by atoms with Crippen molar-refractivity contribution in [3.8, 4) is 5.75 Å². The first-order valence-electron chi connectivity index (χ1n) is 6.18. The Bertz CT molecular complexity index is 469. The maximum Gasteiger partial charge on any atom is 0.325 e. The van der Waals surface area contributed by atoms with Crippen LogP contribution in [-0.4, -0.2) is 31.1 Å². The van der Waals surface area contributed by atoms with Gasteiger partial charge < -0.3 is 15.2 Å². The van der Waals surface area contributed by atoms with Crippen molar-refractivity contribution in [3.05, 3.63) is 29.8 Å². The Labute approximate surface area is 118 Å². The Balaban J connectivity index is 2.53. The Morgan fingerprint density at radius 3 is 2.35 bits per heavy atom. The monoisotopic (exact) mass is 280 g/mol. The summed E-state index contributed by atoms with van der Waals surface area (Å²) in [6, 6.07) is 7.17. The number of rotatable bonds is 7. The number of methoxy groups -OCH3 is 1. The summed E-state index contributed by atoms with van der Waals surface area (Å²) in [5.74, 6) is -0.269. The predicted octanol–water partition coefficient (Wildman–Crippen LogP) is 0.592. The van der Waals surface area contributed by atoms with Crippen LogP contribution < -0.4 is 15.8 Å². The molecular formula is C14H20N2O4. The highest BCUT2D eigenvalue weighted by atomic mass is 16.5. The minimum Gasteiger partial charge on any atom is -0.484 e. The first-order chi connectivity index (χ1) is 9.35. The van der Waals surface area contributed by atoms with Gasteiger partial charge in [-0.3, -0.25) is 14.9 Å². The molecule has 0 heterocycles. The van der Waals surface area contributed by atoms with Gasteiger partial charge in [-0.15, -0.1) is 0 Å². The van der Waals surface area contributed by atoms with Gasteiger partial charge in [-0.25, -0.2) is 0 Å². The van der Waals surface area contributed by atoms with E-state index in [1.54, 1.807) is 26.0 Å². The van der Waals surface area contributed by atoms with Crippen molar-refractivity contribution < 1.29 is 19.1 Å². The van der Waals surface area contributed by atoms with Gasteiger partial charge in [0.1, 0.15) is 11.3 Å². The summed E-state index contributed by atoms with van der Waals surface area (Å²) in [5, 5.41) is 3.11. The van der Waals surface area contributed by atoms with Crippen molar-refractivity contribution in [2.24, 2.45) is 5.73 Å². The molecule has 0 aromatic heterocycles. The fourth-order valence-corrected chi connectivity index (χ4v) is 1.51. The van der Waals surface area contributed by atoms with Gasteiger partial charge in [0.15, 0.2) is 6.61 Å². The molecule has 0 spiro atoms. The molecule has 1 aromatic rings. The van der Waals surface area contributed by atoms with Crippen LogP contribution in [-0.2, 0) is 20.9 Å². The smallest absolute Gasteiger partial charge is 0.325 e. The van der Waals surface area contributed by atoms with Gasteiger partial charge in [-0.1, -0.05) is 12.1 Å². The molecule has 0 saturated carbocycles. The molecule has 0 saturated heterocycles.